The molecule has 9 heteroatoms. The molecule has 34 heavy (non-hydrogen) atoms. The Kier molecular flexibility index (Phi) is 5.92. The Hall–Kier alpha value is -4.24. The summed E-state index contributed by atoms with van der Waals surface area (Å²) in [5.41, 5.74) is 4.89. The van der Waals surface area contributed by atoms with Gasteiger partial charge in [-0.05, 0) is 50.3 Å². The van der Waals surface area contributed by atoms with Crippen molar-refractivity contribution < 1.29 is 4.79 Å². The Balaban J connectivity index is 1.35. The summed E-state index contributed by atoms with van der Waals surface area (Å²) in [6.07, 6.45) is 8.02. The molecule has 0 spiro atoms. The van der Waals surface area contributed by atoms with Crippen molar-refractivity contribution in [3.63, 3.8) is 0 Å². The second-order valence-corrected chi connectivity index (χ2v) is 8.50. The van der Waals surface area contributed by atoms with Crippen molar-refractivity contribution in [2.45, 2.75) is 12.5 Å². The lowest BCUT2D eigenvalue weighted by molar-refractivity contribution is 0.102. The van der Waals surface area contributed by atoms with E-state index in [9.17, 15) is 4.79 Å². The smallest absolute Gasteiger partial charge is 0.276 e. The number of fused-ring (bicyclic) bond motifs is 1. The van der Waals surface area contributed by atoms with E-state index in [-0.39, 0.29) is 11.9 Å². The molecular formula is C25H26N8O. The highest BCUT2D eigenvalue weighted by Crippen LogP contribution is 2.26. The fourth-order valence-corrected chi connectivity index (χ4v) is 4.05. The number of carbonyl (C=O) groups excluding carboxylic acids is 1. The molecule has 3 aromatic heterocycles. The Labute approximate surface area is 196 Å². The minimum Gasteiger partial charge on any atom is -0.318 e. The molecule has 0 aliphatic carbocycles. The zero-order valence-corrected chi connectivity index (χ0v) is 19.1. The van der Waals surface area contributed by atoms with Gasteiger partial charge in [0.2, 0.25) is 0 Å². The molecule has 0 radical (unpaired) electrons. The van der Waals surface area contributed by atoms with E-state index in [1.165, 1.54) is 5.56 Å². The molecule has 5 rings (SSSR count). The van der Waals surface area contributed by atoms with Crippen LogP contribution >= 0.6 is 0 Å². The van der Waals surface area contributed by atoms with Gasteiger partial charge in [0.1, 0.15) is 0 Å². The third kappa shape index (κ3) is 4.46. The first-order valence-corrected chi connectivity index (χ1v) is 11.1. The quantitative estimate of drug-likeness (QED) is 0.329. The van der Waals surface area contributed by atoms with E-state index in [1.807, 2.05) is 53.5 Å². The Morgan fingerprint density at radius 3 is 2.74 bits per heavy atom. The Morgan fingerprint density at radius 1 is 1.12 bits per heavy atom. The van der Waals surface area contributed by atoms with Crippen molar-refractivity contribution >= 4 is 22.5 Å². The Morgan fingerprint density at radius 2 is 1.97 bits per heavy atom. The predicted octanol–water partition coefficient (Wildman–Crippen LogP) is 3.94. The molecule has 0 aliphatic rings. The maximum atomic E-state index is 13.0. The van der Waals surface area contributed by atoms with Gasteiger partial charge in [0.05, 0.1) is 29.6 Å². The molecule has 0 bridgehead atoms. The number of amides is 1. The lowest BCUT2D eigenvalue weighted by Crippen LogP contribution is -2.20. The van der Waals surface area contributed by atoms with Crippen LogP contribution in [0.4, 0.5) is 5.69 Å². The Bertz CT molecular complexity index is 1390. The van der Waals surface area contributed by atoms with Crippen molar-refractivity contribution in [1.29, 1.82) is 0 Å². The van der Waals surface area contributed by atoms with Crippen LogP contribution in [0.3, 0.4) is 0 Å². The van der Waals surface area contributed by atoms with Gasteiger partial charge >= 0.3 is 0 Å². The van der Waals surface area contributed by atoms with Crippen molar-refractivity contribution in [3.05, 3.63) is 84.6 Å². The highest BCUT2D eigenvalue weighted by Gasteiger charge is 2.18. The van der Waals surface area contributed by atoms with Gasteiger partial charge in [-0.3, -0.25) is 19.7 Å². The SMILES string of the molecule is CN(C)CC[C@@H](c1ccccc1)n1cc(NC(=O)c2n[nH]c3cc(-c4cn[nH]c4)ccc23)cn1. The van der Waals surface area contributed by atoms with Crippen LogP contribution in [0.25, 0.3) is 22.0 Å². The maximum absolute atomic E-state index is 13.0. The number of H-pyrrole nitrogens is 2. The largest absolute Gasteiger partial charge is 0.318 e. The molecule has 0 fully saturated rings. The number of benzene rings is 2. The molecule has 1 amide bonds. The number of anilines is 1. The summed E-state index contributed by atoms with van der Waals surface area (Å²) in [5, 5.41) is 22.3. The lowest BCUT2D eigenvalue weighted by Gasteiger charge is -2.20. The van der Waals surface area contributed by atoms with Crippen LogP contribution in [0.5, 0.6) is 0 Å². The number of hydrogen-bond donors (Lipinski definition) is 3. The van der Waals surface area contributed by atoms with Gasteiger partial charge < -0.3 is 10.2 Å². The summed E-state index contributed by atoms with van der Waals surface area (Å²) in [6.45, 7) is 0.918. The average molecular weight is 455 g/mol. The summed E-state index contributed by atoms with van der Waals surface area (Å²) < 4.78 is 1.91. The fraction of sp³-hybridized carbons (Fsp3) is 0.200. The van der Waals surface area contributed by atoms with Gasteiger partial charge in [0.15, 0.2) is 5.69 Å². The first-order chi connectivity index (χ1) is 16.6. The molecule has 0 aliphatic heterocycles. The first kappa shape index (κ1) is 21.6. The number of nitrogens with one attached hydrogen (secondary N) is 3. The zero-order valence-electron chi connectivity index (χ0n) is 19.1. The van der Waals surface area contributed by atoms with E-state index >= 15 is 0 Å². The molecule has 172 valence electrons. The van der Waals surface area contributed by atoms with Crippen LogP contribution in [0.2, 0.25) is 0 Å². The van der Waals surface area contributed by atoms with E-state index in [0.29, 0.717) is 11.4 Å². The number of carbonyl (C=O) groups is 1. The normalized spacial score (nSPS) is 12.3. The minimum absolute atomic E-state index is 0.0711. The van der Waals surface area contributed by atoms with Crippen molar-refractivity contribution in [2.75, 3.05) is 26.0 Å². The number of nitrogens with zero attached hydrogens (tertiary/aromatic N) is 5. The molecule has 2 aromatic carbocycles. The molecule has 3 heterocycles. The summed E-state index contributed by atoms with van der Waals surface area (Å²) in [5.74, 6) is -0.286. The molecular weight excluding hydrogens is 428 g/mol. The van der Waals surface area contributed by atoms with Gasteiger partial charge in [-0.25, -0.2) is 0 Å². The van der Waals surface area contributed by atoms with Crippen LogP contribution < -0.4 is 5.32 Å². The number of hydrogen-bond acceptors (Lipinski definition) is 5. The third-order valence-electron chi connectivity index (χ3n) is 5.82. The average Bonchev–Trinajstić information content (AvgIpc) is 3.60. The van der Waals surface area contributed by atoms with E-state index in [1.54, 1.807) is 12.4 Å². The van der Waals surface area contributed by atoms with Gasteiger partial charge in [-0.1, -0.05) is 36.4 Å². The van der Waals surface area contributed by atoms with Crippen LogP contribution in [0, 0.1) is 0 Å². The predicted molar refractivity (Wildman–Crippen MR) is 132 cm³/mol. The molecule has 1 atom stereocenters. The van der Waals surface area contributed by atoms with Crippen molar-refractivity contribution in [1.82, 2.24) is 35.1 Å². The minimum atomic E-state index is -0.286. The summed E-state index contributed by atoms with van der Waals surface area (Å²) in [6, 6.07) is 16.2. The summed E-state index contributed by atoms with van der Waals surface area (Å²) >= 11 is 0. The first-order valence-electron chi connectivity index (χ1n) is 11.1. The lowest BCUT2D eigenvalue weighted by atomic mass is 10.0. The second-order valence-electron chi connectivity index (χ2n) is 8.50. The van der Waals surface area contributed by atoms with Crippen LogP contribution in [-0.4, -0.2) is 61.6 Å². The number of aromatic amines is 2. The molecule has 0 saturated heterocycles. The van der Waals surface area contributed by atoms with Gasteiger partial charge in [-0.2, -0.15) is 15.3 Å². The monoisotopic (exact) mass is 454 g/mol. The van der Waals surface area contributed by atoms with E-state index in [0.717, 1.165) is 35.0 Å². The van der Waals surface area contributed by atoms with Gasteiger partial charge in [0, 0.05) is 23.3 Å². The van der Waals surface area contributed by atoms with E-state index in [4.69, 9.17) is 0 Å². The van der Waals surface area contributed by atoms with Crippen LogP contribution in [-0.2, 0) is 0 Å². The van der Waals surface area contributed by atoms with Crippen LogP contribution in [0.1, 0.15) is 28.5 Å². The second kappa shape index (κ2) is 9.32. The van der Waals surface area contributed by atoms with Gasteiger partial charge in [-0.15, -0.1) is 0 Å². The zero-order chi connectivity index (χ0) is 23.5. The van der Waals surface area contributed by atoms with Gasteiger partial charge in [0.25, 0.3) is 5.91 Å². The molecule has 5 aromatic rings. The fourth-order valence-electron chi connectivity index (χ4n) is 4.05. The molecule has 9 nitrogen and oxygen atoms in total. The molecule has 0 saturated carbocycles. The van der Waals surface area contributed by atoms with E-state index < -0.39 is 0 Å². The maximum Gasteiger partial charge on any atom is 0.276 e. The topological polar surface area (TPSA) is 108 Å². The number of rotatable bonds is 8. The van der Waals surface area contributed by atoms with Crippen molar-refractivity contribution in [3.8, 4) is 11.1 Å². The van der Waals surface area contributed by atoms with Crippen LogP contribution in [0.15, 0.2) is 73.3 Å². The van der Waals surface area contributed by atoms with E-state index in [2.05, 4.69) is 61.9 Å². The highest BCUT2D eigenvalue weighted by molar-refractivity contribution is 6.11. The number of aromatic nitrogens is 6. The third-order valence-corrected chi connectivity index (χ3v) is 5.82. The highest BCUT2D eigenvalue weighted by atomic mass is 16.2. The van der Waals surface area contributed by atoms with Crippen molar-refractivity contribution in [2.24, 2.45) is 0 Å². The molecule has 3 N–H and O–H groups in total. The standard InChI is InChI=1S/C25H26N8O/c1-32(2)11-10-23(17-6-4-3-5-7-17)33-16-20(15-28-33)29-25(34)24-21-9-8-18(12-22(21)30-31-24)19-13-26-27-14-19/h3-9,12-16,23H,10-11H2,1-2H3,(H,26,27)(H,29,34)(H,30,31)/t23-/m0/s1. The molecule has 0 unspecified atom stereocenters. The summed E-state index contributed by atoms with van der Waals surface area (Å²) in [7, 11) is 4.12. The summed E-state index contributed by atoms with van der Waals surface area (Å²) in [4.78, 5) is 15.2.